The van der Waals surface area contributed by atoms with E-state index >= 15 is 0 Å². The van der Waals surface area contributed by atoms with Gasteiger partial charge in [0.15, 0.2) is 29.0 Å². The minimum absolute atomic E-state index is 0.159. The van der Waals surface area contributed by atoms with Crippen LogP contribution in [0.25, 0.3) is 11.2 Å². The molecule has 0 bridgehead atoms. The lowest BCUT2D eigenvalue weighted by Crippen LogP contribution is -2.33. The molecule has 6 rings (SSSR count). The molecular weight excluding hydrogens is 458 g/mol. The lowest BCUT2D eigenvalue weighted by atomic mass is 9.89. The summed E-state index contributed by atoms with van der Waals surface area (Å²) in [6, 6.07) is 10.6. The number of halogens is 1. The van der Waals surface area contributed by atoms with Crippen molar-refractivity contribution in [3.05, 3.63) is 47.5 Å². The first-order valence-corrected chi connectivity index (χ1v) is 12.1. The number of imidazole rings is 1. The number of benzene rings is 1. The number of aliphatic hydroxyl groups excluding tert-OH is 1. The Hall–Kier alpha value is -2.30. The average Bonchev–Trinajstić information content (AvgIpc) is 3.49. The van der Waals surface area contributed by atoms with Gasteiger partial charge in [-0.05, 0) is 49.8 Å². The molecule has 4 atom stereocenters. The van der Waals surface area contributed by atoms with Crippen LogP contribution in [0.2, 0.25) is 5.28 Å². The fourth-order valence-electron chi connectivity index (χ4n) is 5.46. The molecule has 3 fully saturated rings. The van der Waals surface area contributed by atoms with Gasteiger partial charge < -0.3 is 24.2 Å². The van der Waals surface area contributed by atoms with Crippen LogP contribution in [0, 0.1) is 0 Å². The normalized spacial score (nSPS) is 29.1. The monoisotopic (exact) mass is 485 g/mol. The van der Waals surface area contributed by atoms with E-state index < -0.39 is 24.2 Å². The number of ether oxygens (including phenoxy) is 3. The summed E-state index contributed by atoms with van der Waals surface area (Å²) in [6.45, 7) is 5.27. The van der Waals surface area contributed by atoms with E-state index in [0.717, 1.165) is 31.7 Å². The van der Waals surface area contributed by atoms with Crippen molar-refractivity contribution in [2.75, 3.05) is 24.6 Å². The van der Waals surface area contributed by atoms with Gasteiger partial charge in [-0.1, -0.05) is 30.3 Å². The van der Waals surface area contributed by atoms with Crippen molar-refractivity contribution < 1.29 is 19.3 Å². The van der Waals surface area contributed by atoms with Gasteiger partial charge in [0.1, 0.15) is 18.3 Å². The van der Waals surface area contributed by atoms with E-state index in [-0.39, 0.29) is 18.0 Å². The second-order valence-electron chi connectivity index (χ2n) is 9.62. The predicted octanol–water partition coefficient (Wildman–Crippen LogP) is 3.27. The number of aliphatic hydroxyl groups is 1. The summed E-state index contributed by atoms with van der Waals surface area (Å²) >= 11 is 6.39. The summed E-state index contributed by atoms with van der Waals surface area (Å²) in [5.74, 6) is 0.504. The van der Waals surface area contributed by atoms with Crippen molar-refractivity contribution in [2.45, 2.75) is 62.9 Å². The fourth-order valence-corrected chi connectivity index (χ4v) is 5.62. The van der Waals surface area contributed by atoms with Crippen LogP contribution in [-0.2, 0) is 14.2 Å². The molecule has 5 heterocycles. The zero-order chi connectivity index (χ0) is 23.4. The molecule has 0 amide bonds. The number of rotatable bonds is 4. The number of hydrogen-bond acceptors (Lipinski definition) is 8. The molecule has 0 aliphatic carbocycles. The van der Waals surface area contributed by atoms with Gasteiger partial charge >= 0.3 is 0 Å². The van der Waals surface area contributed by atoms with Crippen LogP contribution in [0.4, 0.5) is 5.82 Å². The molecular formula is C24H28ClN5O4. The molecule has 3 aromatic rings. The second-order valence-corrected chi connectivity index (χ2v) is 9.96. The fraction of sp³-hybridized carbons (Fsp3) is 0.542. The third-order valence-electron chi connectivity index (χ3n) is 7.02. The molecule has 2 aromatic heterocycles. The SMILES string of the molecule is CC1(C)OC2[C@@H](O1)[C@@H](CO)O[C@H]2n1cnc2c(N3CCC(c4ccccc4)CC3)nc(Cl)nc21. The molecule has 0 saturated carbocycles. The maximum absolute atomic E-state index is 9.84. The molecule has 1 aromatic carbocycles. The van der Waals surface area contributed by atoms with Crippen LogP contribution < -0.4 is 4.90 Å². The minimum atomic E-state index is -0.762. The Morgan fingerprint density at radius 2 is 1.82 bits per heavy atom. The topological polar surface area (TPSA) is 94.8 Å². The third-order valence-corrected chi connectivity index (χ3v) is 7.19. The molecule has 3 saturated heterocycles. The Kier molecular flexibility index (Phi) is 5.50. The molecule has 9 nitrogen and oxygen atoms in total. The number of hydrogen-bond donors (Lipinski definition) is 1. The molecule has 1 N–H and O–H groups in total. The summed E-state index contributed by atoms with van der Waals surface area (Å²) in [7, 11) is 0. The molecule has 34 heavy (non-hydrogen) atoms. The van der Waals surface area contributed by atoms with Crippen molar-refractivity contribution in [1.29, 1.82) is 0 Å². The zero-order valence-corrected chi connectivity index (χ0v) is 19.9. The second kappa shape index (κ2) is 8.42. The van der Waals surface area contributed by atoms with Crippen LogP contribution >= 0.6 is 11.6 Å². The number of anilines is 1. The highest BCUT2D eigenvalue weighted by atomic mass is 35.5. The van der Waals surface area contributed by atoms with Crippen molar-refractivity contribution in [3.8, 4) is 0 Å². The van der Waals surface area contributed by atoms with Gasteiger partial charge in [0.25, 0.3) is 0 Å². The minimum Gasteiger partial charge on any atom is -0.394 e. The summed E-state index contributed by atoms with van der Waals surface area (Å²) in [6.07, 6.45) is 1.93. The maximum Gasteiger partial charge on any atom is 0.226 e. The zero-order valence-electron chi connectivity index (χ0n) is 19.2. The predicted molar refractivity (Wildman–Crippen MR) is 126 cm³/mol. The number of piperidine rings is 1. The lowest BCUT2D eigenvalue weighted by Gasteiger charge is -2.33. The first-order valence-electron chi connectivity index (χ1n) is 11.8. The first-order chi connectivity index (χ1) is 16.4. The first kappa shape index (κ1) is 22.2. The molecule has 180 valence electrons. The van der Waals surface area contributed by atoms with E-state index in [1.807, 2.05) is 18.4 Å². The summed E-state index contributed by atoms with van der Waals surface area (Å²) < 4.78 is 20.1. The average molecular weight is 486 g/mol. The smallest absolute Gasteiger partial charge is 0.226 e. The Labute approximate surface area is 202 Å². The van der Waals surface area contributed by atoms with Gasteiger partial charge in [0, 0.05) is 13.1 Å². The molecule has 3 aliphatic rings. The van der Waals surface area contributed by atoms with E-state index in [4.69, 9.17) is 25.8 Å². The Morgan fingerprint density at radius 1 is 1.09 bits per heavy atom. The highest BCUT2D eigenvalue weighted by molar-refractivity contribution is 6.28. The van der Waals surface area contributed by atoms with E-state index in [9.17, 15) is 5.11 Å². The van der Waals surface area contributed by atoms with Crippen molar-refractivity contribution in [2.24, 2.45) is 0 Å². The van der Waals surface area contributed by atoms with Gasteiger partial charge in [0.2, 0.25) is 5.28 Å². The van der Waals surface area contributed by atoms with Crippen LogP contribution in [-0.4, -0.2) is 68.4 Å². The standard InChI is InChI=1S/C24H28ClN5O4/c1-24(2)33-18-16(12-31)32-22(19(18)34-24)30-13-26-17-20(27-23(25)28-21(17)30)29-10-8-15(9-11-29)14-6-4-3-5-7-14/h3-7,13,15-16,18-19,22,31H,8-12H2,1-2H3/t16-,18+,19?,22-/m1/s1. The molecule has 1 unspecified atom stereocenters. The van der Waals surface area contributed by atoms with Gasteiger partial charge in [0.05, 0.1) is 12.9 Å². The van der Waals surface area contributed by atoms with E-state index in [1.165, 1.54) is 5.56 Å². The Balaban J connectivity index is 1.29. The van der Waals surface area contributed by atoms with Crippen LogP contribution in [0.15, 0.2) is 36.7 Å². The highest BCUT2D eigenvalue weighted by Gasteiger charge is 2.56. The largest absolute Gasteiger partial charge is 0.394 e. The van der Waals surface area contributed by atoms with Crippen molar-refractivity contribution in [3.63, 3.8) is 0 Å². The molecule has 10 heteroatoms. The maximum atomic E-state index is 9.84. The molecule has 0 spiro atoms. The number of fused-ring (bicyclic) bond motifs is 2. The third kappa shape index (κ3) is 3.76. The summed E-state index contributed by atoms with van der Waals surface area (Å²) in [5, 5.41) is 9.99. The van der Waals surface area contributed by atoms with Gasteiger partial charge in [-0.2, -0.15) is 9.97 Å². The van der Waals surface area contributed by atoms with E-state index in [1.54, 1.807) is 6.33 Å². The van der Waals surface area contributed by atoms with Crippen molar-refractivity contribution >= 4 is 28.6 Å². The molecule has 3 aliphatic heterocycles. The quantitative estimate of drug-likeness (QED) is 0.563. The number of nitrogens with zero attached hydrogens (tertiary/aromatic N) is 5. The van der Waals surface area contributed by atoms with Gasteiger partial charge in [-0.25, -0.2) is 4.98 Å². The van der Waals surface area contributed by atoms with Gasteiger partial charge in [-0.3, -0.25) is 4.57 Å². The van der Waals surface area contributed by atoms with E-state index in [0.29, 0.717) is 17.1 Å². The summed E-state index contributed by atoms with van der Waals surface area (Å²) in [4.78, 5) is 15.9. The number of aromatic nitrogens is 4. The van der Waals surface area contributed by atoms with Crippen LogP contribution in [0.5, 0.6) is 0 Å². The van der Waals surface area contributed by atoms with E-state index in [2.05, 4.69) is 50.2 Å². The Bertz CT molecular complexity index is 1180. The van der Waals surface area contributed by atoms with Crippen LogP contribution in [0.1, 0.15) is 44.4 Å². The highest BCUT2D eigenvalue weighted by Crippen LogP contribution is 2.44. The summed E-state index contributed by atoms with van der Waals surface area (Å²) in [5.41, 5.74) is 2.63. The Morgan fingerprint density at radius 3 is 2.56 bits per heavy atom. The lowest BCUT2D eigenvalue weighted by molar-refractivity contribution is -0.199. The van der Waals surface area contributed by atoms with Gasteiger partial charge in [-0.15, -0.1) is 0 Å². The molecule has 0 radical (unpaired) electrons. The van der Waals surface area contributed by atoms with Crippen molar-refractivity contribution in [1.82, 2.24) is 19.5 Å². The van der Waals surface area contributed by atoms with Crippen LogP contribution in [0.3, 0.4) is 0 Å².